The molecule has 0 unspecified atom stereocenters. The fourth-order valence-electron chi connectivity index (χ4n) is 2.85. The minimum atomic E-state index is -3.50. The number of carbonyl (C=O) groups excluding carboxylic acids is 1. The van der Waals surface area contributed by atoms with E-state index in [2.05, 4.69) is 4.72 Å². The molecular weight excluding hydrogens is 376 g/mol. The highest BCUT2D eigenvalue weighted by Crippen LogP contribution is 2.20. The number of benzene rings is 1. The second-order valence-electron chi connectivity index (χ2n) is 7.56. The number of ether oxygens (including phenoxy) is 1. The minimum Gasteiger partial charge on any atom is -0.444 e. The number of halogens is 1. The highest BCUT2D eigenvalue weighted by Gasteiger charge is 2.31. The average Bonchev–Trinajstić information content (AvgIpc) is 2.54. The van der Waals surface area contributed by atoms with Gasteiger partial charge in [-0.3, -0.25) is 0 Å². The van der Waals surface area contributed by atoms with Crippen LogP contribution in [0.1, 0.15) is 45.6 Å². The Morgan fingerprint density at radius 3 is 2.54 bits per heavy atom. The number of rotatable bonds is 5. The van der Waals surface area contributed by atoms with E-state index < -0.39 is 15.6 Å². The summed E-state index contributed by atoms with van der Waals surface area (Å²) in [5.41, 5.74) is 0.0854. The number of nitrogens with one attached hydrogen (secondary N) is 1. The number of piperidine rings is 1. The Labute approximate surface area is 160 Å². The van der Waals surface area contributed by atoms with Crippen molar-refractivity contribution in [1.82, 2.24) is 9.62 Å². The summed E-state index contributed by atoms with van der Waals surface area (Å²) in [7, 11) is -3.50. The van der Waals surface area contributed by atoms with Gasteiger partial charge in [0.15, 0.2) is 0 Å². The van der Waals surface area contributed by atoms with E-state index >= 15 is 0 Å². The van der Waals surface area contributed by atoms with Gasteiger partial charge >= 0.3 is 6.09 Å². The van der Waals surface area contributed by atoms with Crippen LogP contribution in [0.15, 0.2) is 24.3 Å². The molecule has 1 saturated heterocycles. The van der Waals surface area contributed by atoms with E-state index in [-0.39, 0.29) is 24.4 Å². The van der Waals surface area contributed by atoms with Crippen molar-refractivity contribution in [2.75, 3.05) is 13.1 Å². The predicted molar refractivity (Wildman–Crippen MR) is 103 cm³/mol. The van der Waals surface area contributed by atoms with Gasteiger partial charge in [-0.15, -0.1) is 0 Å². The molecular formula is C18H27ClN2O4S. The van der Waals surface area contributed by atoms with E-state index in [0.717, 1.165) is 19.3 Å². The zero-order chi connectivity index (χ0) is 19.4. The fourth-order valence-corrected chi connectivity index (χ4v) is 4.15. The van der Waals surface area contributed by atoms with Crippen molar-refractivity contribution in [3.8, 4) is 0 Å². The summed E-state index contributed by atoms with van der Waals surface area (Å²) in [5.74, 6) is -0.122. The molecule has 1 aromatic rings. The van der Waals surface area contributed by atoms with Crippen LogP contribution in [0.2, 0.25) is 5.02 Å². The molecule has 0 bridgehead atoms. The van der Waals surface area contributed by atoms with E-state index in [9.17, 15) is 13.2 Å². The molecule has 26 heavy (non-hydrogen) atoms. The first-order valence-corrected chi connectivity index (χ1v) is 10.8. The van der Waals surface area contributed by atoms with Crippen LogP contribution >= 0.6 is 11.6 Å². The zero-order valence-corrected chi connectivity index (χ0v) is 17.1. The maximum atomic E-state index is 12.4. The predicted octanol–water partition coefficient (Wildman–Crippen LogP) is 3.55. The number of hydrogen-bond acceptors (Lipinski definition) is 4. The largest absolute Gasteiger partial charge is 0.444 e. The Bertz CT molecular complexity index is 714. The maximum Gasteiger partial charge on any atom is 0.410 e. The molecule has 0 spiro atoms. The summed E-state index contributed by atoms with van der Waals surface area (Å²) in [6.45, 7) is 6.23. The van der Waals surface area contributed by atoms with Gasteiger partial charge in [0.2, 0.25) is 10.0 Å². The Kier molecular flexibility index (Phi) is 6.93. The van der Waals surface area contributed by atoms with E-state index in [1.165, 1.54) is 0 Å². The van der Waals surface area contributed by atoms with Crippen LogP contribution in [-0.4, -0.2) is 44.1 Å². The third-order valence-corrected chi connectivity index (χ3v) is 5.64. The van der Waals surface area contributed by atoms with Gasteiger partial charge < -0.3 is 9.64 Å². The summed E-state index contributed by atoms with van der Waals surface area (Å²) in [6.07, 6.45) is 2.22. The summed E-state index contributed by atoms with van der Waals surface area (Å²) < 4.78 is 32.8. The van der Waals surface area contributed by atoms with Crippen LogP contribution in [0, 0.1) is 0 Å². The van der Waals surface area contributed by atoms with Gasteiger partial charge in [-0.1, -0.05) is 23.7 Å². The third-order valence-electron chi connectivity index (χ3n) is 4.06. The van der Waals surface area contributed by atoms with E-state index in [1.807, 2.05) is 20.8 Å². The van der Waals surface area contributed by atoms with Crippen LogP contribution in [-0.2, 0) is 20.5 Å². The van der Waals surface area contributed by atoms with Crippen molar-refractivity contribution < 1.29 is 17.9 Å². The topological polar surface area (TPSA) is 75.7 Å². The molecule has 2 rings (SSSR count). The molecule has 1 heterocycles. The minimum absolute atomic E-state index is 0.122. The average molecular weight is 403 g/mol. The SMILES string of the molecule is CC(C)(C)OC(=O)N1CCCC[C@H]1CNS(=O)(=O)Cc1ccc(Cl)cc1. The number of carbonyl (C=O) groups is 1. The lowest BCUT2D eigenvalue weighted by Gasteiger charge is -2.36. The maximum absolute atomic E-state index is 12.4. The number of amides is 1. The van der Waals surface area contributed by atoms with Gasteiger partial charge in [0.1, 0.15) is 5.60 Å². The molecule has 8 heteroatoms. The lowest BCUT2D eigenvalue weighted by Crippen LogP contribution is -2.50. The summed E-state index contributed by atoms with van der Waals surface area (Å²) in [6, 6.07) is 6.51. The van der Waals surface area contributed by atoms with Crippen molar-refractivity contribution >= 4 is 27.7 Å². The highest BCUT2D eigenvalue weighted by atomic mass is 35.5. The number of sulfonamides is 1. The third kappa shape index (κ3) is 6.78. The van der Waals surface area contributed by atoms with Crippen molar-refractivity contribution in [2.24, 2.45) is 0 Å². The number of hydrogen-bond donors (Lipinski definition) is 1. The first kappa shape index (κ1) is 21.0. The summed E-state index contributed by atoms with van der Waals surface area (Å²) in [4.78, 5) is 14.0. The van der Waals surface area contributed by atoms with E-state index in [0.29, 0.717) is 17.1 Å². The molecule has 0 aliphatic carbocycles. The monoisotopic (exact) mass is 402 g/mol. The van der Waals surface area contributed by atoms with Crippen molar-refractivity contribution in [3.05, 3.63) is 34.9 Å². The Hall–Kier alpha value is -1.31. The van der Waals surface area contributed by atoms with Gasteiger partial charge in [-0.25, -0.2) is 17.9 Å². The van der Waals surface area contributed by atoms with Crippen LogP contribution in [0.5, 0.6) is 0 Å². The van der Waals surface area contributed by atoms with Gasteiger partial charge in [0.05, 0.1) is 5.75 Å². The Morgan fingerprint density at radius 1 is 1.27 bits per heavy atom. The second-order valence-corrected chi connectivity index (χ2v) is 9.80. The first-order valence-electron chi connectivity index (χ1n) is 8.77. The molecule has 1 aliphatic heterocycles. The van der Waals surface area contributed by atoms with Gasteiger partial charge in [0, 0.05) is 24.2 Å². The van der Waals surface area contributed by atoms with Crippen LogP contribution < -0.4 is 4.72 Å². The molecule has 1 aliphatic rings. The molecule has 1 atom stereocenters. The fraction of sp³-hybridized carbons (Fsp3) is 0.611. The summed E-state index contributed by atoms with van der Waals surface area (Å²) in [5, 5.41) is 0.564. The molecule has 1 N–H and O–H groups in total. The second kappa shape index (κ2) is 8.59. The lowest BCUT2D eigenvalue weighted by atomic mass is 10.0. The normalized spacial score (nSPS) is 18.6. The van der Waals surface area contributed by atoms with Gasteiger partial charge in [-0.2, -0.15) is 0 Å². The van der Waals surface area contributed by atoms with Crippen LogP contribution in [0.25, 0.3) is 0 Å². The molecule has 1 aromatic carbocycles. The highest BCUT2D eigenvalue weighted by molar-refractivity contribution is 7.88. The summed E-state index contributed by atoms with van der Waals surface area (Å²) >= 11 is 5.82. The number of likely N-dealkylation sites (tertiary alicyclic amines) is 1. The van der Waals surface area contributed by atoms with Crippen LogP contribution in [0.3, 0.4) is 0 Å². The smallest absolute Gasteiger partial charge is 0.410 e. The lowest BCUT2D eigenvalue weighted by molar-refractivity contribution is 0.0105. The molecule has 146 valence electrons. The molecule has 6 nitrogen and oxygen atoms in total. The first-order chi connectivity index (χ1) is 12.1. The van der Waals surface area contributed by atoms with Gasteiger partial charge in [0.25, 0.3) is 0 Å². The van der Waals surface area contributed by atoms with Crippen LogP contribution in [0.4, 0.5) is 4.79 Å². The van der Waals surface area contributed by atoms with E-state index in [4.69, 9.17) is 16.3 Å². The molecule has 1 amide bonds. The van der Waals surface area contributed by atoms with Gasteiger partial charge in [-0.05, 0) is 57.7 Å². The molecule has 0 saturated carbocycles. The van der Waals surface area contributed by atoms with Crippen molar-refractivity contribution in [2.45, 2.75) is 57.4 Å². The van der Waals surface area contributed by atoms with Crippen molar-refractivity contribution in [1.29, 1.82) is 0 Å². The molecule has 1 fully saturated rings. The quantitative estimate of drug-likeness (QED) is 0.817. The zero-order valence-electron chi connectivity index (χ0n) is 15.5. The molecule has 0 aromatic heterocycles. The van der Waals surface area contributed by atoms with Crippen molar-refractivity contribution in [3.63, 3.8) is 0 Å². The standard InChI is InChI=1S/C18H27ClN2O4S/c1-18(2,3)25-17(22)21-11-5-4-6-16(21)12-20-26(23,24)13-14-7-9-15(19)10-8-14/h7-10,16,20H,4-6,11-13H2,1-3H3/t16-/m0/s1. The van der Waals surface area contributed by atoms with E-state index in [1.54, 1.807) is 29.2 Å². The Morgan fingerprint density at radius 2 is 1.92 bits per heavy atom. The Balaban J connectivity index is 1.96. The molecule has 0 radical (unpaired) electrons. The number of nitrogens with zero attached hydrogens (tertiary/aromatic N) is 1.